The number of nitrogen functional groups attached to an aromatic ring is 1. The number of carbonyl (C=O) groups is 2. The monoisotopic (exact) mass is 401 g/mol. The van der Waals surface area contributed by atoms with E-state index in [9.17, 15) is 0 Å². The van der Waals surface area contributed by atoms with Gasteiger partial charge in [-0.25, -0.2) is 14.6 Å². The highest BCUT2D eigenvalue weighted by Gasteiger charge is 2.10. The van der Waals surface area contributed by atoms with Crippen molar-refractivity contribution in [2.24, 2.45) is 0 Å². The Kier molecular flexibility index (Phi) is 8.92. The number of nitrogens with zero attached hydrogens (tertiary/aromatic N) is 2. The quantitative estimate of drug-likeness (QED) is 0.428. The maximum absolute atomic E-state index is 8.56. The first-order chi connectivity index (χ1) is 13.7. The van der Waals surface area contributed by atoms with E-state index in [2.05, 4.69) is 28.9 Å². The normalized spacial score (nSPS) is 9.24. The van der Waals surface area contributed by atoms with E-state index in [-0.39, 0.29) is 0 Å². The predicted molar refractivity (Wildman–Crippen MR) is 105 cm³/mol. The summed E-state index contributed by atoms with van der Waals surface area (Å²) in [5, 5.41) is 32.0. The Morgan fingerprint density at radius 3 is 2.17 bits per heavy atom. The second-order valence-corrected chi connectivity index (χ2v) is 5.31. The average molecular weight is 401 g/mol. The van der Waals surface area contributed by atoms with Crippen LogP contribution >= 0.6 is 0 Å². The number of anilines is 1. The summed E-state index contributed by atoms with van der Waals surface area (Å²) < 4.78 is 5.36. The second-order valence-electron chi connectivity index (χ2n) is 5.31. The van der Waals surface area contributed by atoms with E-state index in [4.69, 9.17) is 40.3 Å². The van der Waals surface area contributed by atoms with Crippen LogP contribution in [0.3, 0.4) is 0 Å². The van der Waals surface area contributed by atoms with E-state index >= 15 is 0 Å². The SMILES string of the molecule is C=Cc1ccc(Cc2cc(-c3cccnc3N)on2)cc1.O=C(O)O.O=C(O)O. The fourth-order valence-electron chi connectivity index (χ4n) is 2.13. The highest BCUT2D eigenvalue weighted by molar-refractivity contribution is 5.69. The fraction of sp³-hybridized carbons (Fsp3) is 0.0526. The molecule has 29 heavy (non-hydrogen) atoms. The van der Waals surface area contributed by atoms with Crippen LogP contribution in [-0.2, 0) is 6.42 Å². The molecule has 0 amide bonds. The van der Waals surface area contributed by atoms with Gasteiger partial charge in [-0.05, 0) is 23.3 Å². The van der Waals surface area contributed by atoms with Gasteiger partial charge in [-0.1, -0.05) is 42.1 Å². The first-order valence-corrected chi connectivity index (χ1v) is 7.94. The van der Waals surface area contributed by atoms with Gasteiger partial charge in [0.25, 0.3) is 0 Å². The minimum atomic E-state index is -1.83. The van der Waals surface area contributed by atoms with Crippen molar-refractivity contribution in [2.45, 2.75) is 6.42 Å². The number of rotatable bonds is 4. The third kappa shape index (κ3) is 8.73. The number of pyridine rings is 1. The van der Waals surface area contributed by atoms with Crippen LogP contribution in [-0.4, -0.2) is 42.9 Å². The van der Waals surface area contributed by atoms with Gasteiger partial charge in [-0.3, -0.25) is 0 Å². The van der Waals surface area contributed by atoms with E-state index in [1.165, 1.54) is 5.56 Å². The summed E-state index contributed by atoms with van der Waals surface area (Å²) in [4.78, 5) is 21.2. The highest BCUT2D eigenvalue weighted by atomic mass is 16.6. The molecule has 152 valence electrons. The predicted octanol–water partition coefficient (Wildman–Crippen LogP) is 4.00. The second kappa shape index (κ2) is 11.4. The molecule has 6 N–H and O–H groups in total. The van der Waals surface area contributed by atoms with Gasteiger partial charge in [-0.2, -0.15) is 0 Å². The molecule has 0 fully saturated rings. The van der Waals surface area contributed by atoms with Crippen LogP contribution in [0, 0.1) is 0 Å². The molecule has 0 bridgehead atoms. The number of benzene rings is 1. The number of nitrogens with two attached hydrogens (primary N) is 1. The third-order valence-electron chi connectivity index (χ3n) is 3.26. The van der Waals surface area contributed by atoms with Gasteiger partial charge in [-0.15, -0.1) is 0 Å². The number of hydrogen-bond donors (Lipinski definition) is 5. The summed E-state index contributed by atoms with van der Waals surface area (Å²) in [5.74, 6) is 1.08. The molecule has 0 aliphatic rings. The smallest absolute Gasteiger partial charge is 0.450 e. The molecule has 0 atom stereocenters. The minimum Gasteiger partial charge on any atom is -0.450 e. The molecule has 2 aromatic heterocycles. The molecule has 0 aliphatic heterocycles. The van der Waals surface area contributed by atoms with Gasteiger partial charge in [0, 0.05) is 18.7 Å². The summed E-state index contributed by atoms with van der Waals surface area (Å²) in [7, 11) is 0. The van der Waals surface area contributed by atoms with Gasteiger partial charge >= 0.3 is 12.3 Å². The van der Waals surface area contributed by atoms with Crippen molar-refractivity contribution in [1.82, 2.24) is 10.1 Å². The van der Waals surface area contributed by atoms with Gasteiger partial charge in [0.1, 0.15) is 5.82 Å². The van der Waals surface area contributed by atoms with E-state index in [0.717, 1.165) is 16.8 Å². The Labute approximate surface area is 165 Å². The average Bonchev–Trinajstić information content (AvgIpc) is 3.10. The lowest BCUT2D eigenvalue weighted by Crippen LogP contribution is -1.91. The molecule has 10 nitrogen and oxygen atoms in total. The van der Waals surface area contributed by atoms with Crippen molar-refractivity contribution in [2.75, 3.05) is 5.73 Å². The molecule has 0 aliphatic carbocycles. The molecular formula is C19H19N3O7. The van der Waals surface area contributed by atoms with Crippen molar-refractivity contribution in [3.8, 4) is 11.3 Å². The van der Waals surface area contributed by atoms with Crippen LogP contribution in [0.5, 0.6) is 0 Å². The van der Waals surface area contributed by atoms with E-state index < -0.39 is 12.3 Å². The lowest BCUT2D eigenvalue weighted by molar-refractivity contribution is 0.135. The molecule has 0 saturated carbocycles. The largest absolute Gasteiger partial charge is 0.503 e. The lowest BCUT2D eigenvalue weighted by atomic mass is 10.1. The van der Waals surface area contributed by atoms with E-state index in [1.807, 2.05) is 36.4 Å². The fourth-order valence-corrected chi connectivity index (χ4v) is 2.13. The molecule has 3 rings (SSSR count). The zero-order valence-electron chi connectivity index (χ0n) is 15.1. The van der Waals surface area contributed by atoms with Crippen molar-refractivity contribution in [3.05, 3.63) is 72.1 Å². The van der Waals surface area contributed by atoms with Crippen molar-refractivity contribution in [3.63, 3.8) is 0 Å². The zero-order chi connectivity index (χ0) is 21.8. The van der Waals surface area contributed by atoms with Crippen LogP contribution in [0.15, 0.2) is 59.8 Å². The van der Waals surface area contributed by atoms with Crippen LogP contribution in [0.25, 0.3) is 17.4 Å². The van der Waals surface area contributed by atoms with Gasteiger partial charge in [0.15, 0.2) is 5.76 Å². The van der Waals surface area contributed by atoms with Crippen molar-refractivity contribution in [1.29, 1.82) is 0 Å². The van der Waals surface area contributed by atoms with Crippen LogP contribution in [0.4, 0.5) is 15.4 Å². The topological polar surface area (TPSA) is 180 Å². The van der Waals surface area contributed by atoms with Crippen molar-refractivity contribution < 1.29 is 34.5 Å². The molecule has 3 aromatic rings. The Hall–Kier alpha value is -4.34. The first kappa shape index (κ1) is 22.7. The maximum Gasteiger partial charge on any atom is 0.503 e. The number of aromatic nitrogens is 2. The third-order valence-corrected chi connectivity index (χ3v) is 3.26. The summed E-state index contributed by atoms with van der Waals surface area (Å²) in [6.45, 7) is 3.74. The molecule has 0 unspecified atom stereocenters. The van der Waals surface area contributed by atoms with Crippen LogP contribution in [0.2, 0.25) is 0 Å². The summed E-state index contributed by atoms with van der Waals surface area (Å²) in [6, 6.07) is 13.8. The molecular weight excluding hydrogens is 382 g/mol. The summed E-state index contributed by atoms with van der Waals surface area (Å²) in [6.07, 6.45) is 0.515. The Morgan fingerprint density at radius 2 is 1.66 bits per heavy atom. The Morgan fingerprint density at radius 1 is 1.07 bits per heavy atom. The van der Waals surface area contributed by atoms with Crippen molar-refractivity contribution >= 4 is 24.2 Å². The maximum atomic E-state index is 8.56. The lowest BCUT2D eigenvalue weighted by Gasteiger charge is -1.99. The molecule has 0 radical (unpaired) electrons. The molecule has 10 heteroatoms. The minimum absolute atomic E-state index is 0.440. The van der Waals surface area contributed by atoms with Crippen LogP contribution in [0.1, 0.15) is 16.8 Å². The highest BCUT2D eigenvalue weighted by Crippen LogP contribution is 2.25. The van der Waals surface area contributed by atoms with E-state index in [1.54, 1.807) is 6.20 Å². The van der Waals surface area contributed by atoms with E-state index in [0.29, 0.717) is 18.0 Å². The number of carboxylic acid groups (broad SMARTS) is 4. The van der Waals surface area contributed by atoms with Gasteiger partial charge in [0.05, 0.1) is 11.3 Å². The molecule has 0 saturated heterocycles. The molecule has 2 heterocycles. The summed E-state index contributed by atoms with van der Waals surface area (Å²) in [5.41, 5.74) is 9.73. The van der Waals surface area contributed by atoms with Crippen LogP contribution < -0.4 is 5.73 Å². The standard InChI is InChI=1S/C17H15N3O.2CH2O3/c1-2-12-5-7-13(8-6-12)10-14-11-16(21-20-14)15-4-3-9-19-17(15)18;2*2-1(3)4/h2-9,11H,1,10H2,(H2,18,19);2*(H2,2,3,4). The molecule has 1 aromatic carbocycles. The first-order valence-electron chi connectivity index (χ1n) is 7.94. The van der Waals surface area contributed by atoms with Gasteiger partial charge < -0.3 is 30.7 Å². The molecule has 0 spiro atoms. The Bertz CT molecular complexity index is 932. The van der Waals surface area contributed by atoms with Gasteiger partial charge in [0.2, 0.25) is 0 Å². The Balaban J connectivity index is 0.000000452. The number of hydrogen-bond acceptors (Lipinski definition) is 6. The zero-order valence-corrected chi connectivity index (χ0v) is 15.1. The summed E-state index contributed by atoms with van der Waals surface area (Å²) >= 11 is 0.